The molecule has 0 radical (unpaired) electrons. The third kappa shape index (κ3) is 9.28. The van der Waals surface area contributed by atoms with Crippen LogP contribution in [-0.4, -0.2) is 72.9 Å². The van der Waals surface area contributed by atoms with Crippen LogP contribution in [0, 0.1) is 19.8 Å². The van der Waals surface area contributed by atoms with Gasteiger partial charge >= 0.3 is 5.97 Å². The van der Waals surface area contributed by atoms with Crippen molar-refractivity contribution in [1.82, 2.24) is 36.2 Å². The number of ketones is 1. The number of aliphatic carboxylic acids is 1. The molecule has 3 amide bonds. The lowest BCUT2D eigenvalue weighted by Gasteiger charge is -2.25. The summed E-state index contributed by atoms with van der Waals surface area (Å²) in [5, 5.41) is 28.8. The molecule has 0 fully saturated rings. The highest BCUT2D eigenvalue weighted by molar-refractivity contribution is 5.95. The van der Waals surface area contributed by atoms with E-state index in [1.165, 1.54) is 11.6 Å². The van der Waals surface area contributed by atoms with Crippen molar-refractivity contribution in [3.63, 3.8) is 0 Å². The first-order chi connectivity index (χ1) is 20.9. The lowest BCUT2D eigenvalue weighted by Crippen LogP contribution is -2.56. The number of nitrogens with one attached hydrogen (secondary N) is 3. The Morgan fingerprint density at radius 2 is 1.52 bits per heavy atom. The first-order valence-corrected chi connectivity index (χ1v) is 14.4. The van der Waals surface area contributed by atoms with E-state index in [0.717, 1.165) is 22.3 Å². The van der Waals surface area contributed by atoms with E-state index in [1.54, 1.807) is 13.8 Å². The zero-order chi connectivity index (χ0) is 32.4. The molecule has 234 valence electrons. The average molecular weight is 606 g/mol. The maximum atomic E-state index is 13.2. The molecule has 13 nitrogen and oxygen atoms in total. The Kier molecular flexibility index (Phi) is 11.8. The summed E-state index contributed by atoms with van der Waals surface area (Å²) >= 11 is 0. The molecule has 0 aliphatic heterocycles. The van der Waals surface area contributed by atoms with E-state index >= 15 is 0 Å². The summed E-state index contributed by atoms with van der Waals surface area (Å²) in [5.41, 5.74) is 3.51. The van der Waals surface area contributed by atoms with Crippen molar-refractivity contribution in [2.24, 2.45) is 5.92 Å². The summed E-state index contributed by atoms with van der Waals surface area (Å²) in [7, 11) is 0. The van der Waals surface area contributed by atoms with Gasteiger partial charge in [0.1, 0.15) is 18.6 Å². The van der Waals surface area contributed by atoms with Crippen molar-refractivity contribution in [1.29, 1.82) is 0 Å². The van der Waals surface area contributed by atoms with Gasteiger partial charge in [-0.25, -0.2) is 4.68 Å². The first-order valence-electron chi connectivity index (χ1n) is 14.4. The maximum Gasteiger partial charge on any atom is 0.305 e. The summed E-state index contributed by atoms with van der Waals surface area (Å²) < 4.78 is 1.26. The molecule has 3 aromatic rings. The van der Waals surface area contributed by atoms with Gasteiger partial charge in [0.15, 0.2) is 11.6 Å². The van der Waals surface area contributed by atoms with Gasteiger partial charge in [-0.15, -0.1) is 5.10 Å². The third-order valence-corrected chi connectivity index (χ3v) is 7.13. The predicted octanol–water partition coefficient (Wildman–Crippen LogP) is 1.76. The fraction of sp³-hybridized carbons (Fsp3) is 0.419. The van der Waals surface area contributed by atoms with Gasteiger partial charge in [-0.3, -0.25) is 24.0 Å². The zero-order valence-electron chi connectivity index (χ0n) is 25.5. The summed E-state index contributed by atoms with van der Waals surface area (Å²) in [5.74, 6) is -3.54. The number of hydrogen-bond donors (Lipinski definition) is 4. The van der Waals surface area contributed by atoms with Gasteiger partial charge in [0.25, 0.3) is 0 Å². The topological polar surface area (TPSA) is 185 Å². The number of hydrogen-bond acceptors (Lipinski definition) is 8. The van der Waals surface area contributed by atoms with Crippen LogP contribution in [0.3, 0.4) is 0 Å². The van der Waals surface area contributed by atoms with E-state index in [-0.39, 0.29) is 24.8 Å². The van der Waals surface area contributed by atoms with Gasteiger partial charge in [-0.1, -0.05) is 62.4 Å². The molecule has 13 heteroatoms. The number of benzene rings is 2. The molecular formula is C31H39N7O6. The number of nitrogens with zero attached hydrogens (tertiary/aromatic N) is 4. The second-order valence-electron chi connectivity index (χ2n) is 11.1. The molecule has 0 aliphatic carbocycles. The Labute approximate surface area is 255 Å². The lowest BCUT2D eigenvalue weighted by atomic mass is 10.0. The van der Waals surface area contributed by atoms with Crippen molar-refractivity contribution >= 4 is 29.5 Å². The normalized spacial score (nSPS) is 13.0. The van der Waals surface area contributed by atoms with Crippen molar-refractivity contribution in [3.8, 4) is 11.4 Å². The van der Waals surface area contributed by atoms with Crippen LogP contribution >= 0.6 is 0 Å². The van der Waals surface area contributed by atoms with Crippen molar-refractivity contribution < 1.29 is 29.1 Å². The Morgan fingerprint density at radius 1 is 0.864 bits per heavy atom. The molecule has 2 aromatic carbocycles. The van der Waals surface area contributed by atoms with Gasteiger partial charge < -0.3 is 21.1 Å². The van der Waals surface area contributed by atoms with Crippen LogP contribution < -0.4 is 16.0 Å². The fourth-order valence-corrected chi connectivity index (χ4v) is 4.68. The molecule has 3 rings (SSSR count). The summed E-state index contributed by atoms with van der Waals surface area (Å²) in [6, 6.07) is 11.7. The molecule has 3 atom stereocenters. The predicted molar refractivity (Wildman–Crippen MR) is 161 cm³/mol. The highest BCUT2D eigenvalue weighted by atomic mass is 16.4. The van der Waals surface area contributed by atoms with E-state index in [9.17, 15) is 29.1 Å². The number of tetrazole rings is 1. The highest BCUT2D eigenvalue weighted by Gasteiger charge is 2.30. The molecule has 0 saturated carbocycles. The number of aromatic nitrogens is 4. The van der Waals surface area contributed by atoms with E-state index < -0.39 is 48.1 Å². The van der Waals surface area contributed by atoms with Crippen LogP contribution in [0.4, 0.5) is 0 Å². The Hall–Kier alpha value is -4.94. The lowest BCUT2D eigenvalue weighted by molar-refractivity contribution is -0.140. The Balaban J connectivity index is 1.64. The number of carboxylic acids is 1. The van der Waals surface area contributed by atoms with Crippen LogP contribution in [0.15, 0.2) is 48.5 Å². The molecular weight excluding hydrogens is 566 g/mol. The summed E-state index contributed by atoms with van der Waals surface area (Å²) in [4.78, 5) is 63.5. The van der Waals surface area contributed by atoms with Crippen LogP contribution in [0.2, 0.25) is 0 Å². The van der Waals surface area contributed by atoms with E-state index in [2.05, 4.69) is 31.5 Å². The van der Waals surface area contributed by atoms with Crippen molar-refractivity contribution in [2.45, 2.75) is 78.6 Å². The first kappa shape index (κ1) is 33.6. The van der Waals surface area contributed by atoms with Crippen LogP contribution in [0.5, 0.6) is 0 Å². The smallest absolute Gasteiger partial charge is 0.305 e. The van der Waals surface area contributed by atoms with Crippen LogP contribution in [0.1, 0.15) is 50.3 Å². The number of rotatable bonds is 15. The van der Waals surface area contributed by atoms with E-state index in [1.807, 2.05) is 62.4 Å². The highest BCUT2D eigenvalue weighted by Crippen LogP contribution is 2.24. The van der Waals surface area contributed by atoms with Gasteiger partial charge in [0.05, 0.1) is 12.5 Å². The largest absolute Gasteiger partial charge is 0.481 e. The molecule has 0 aliphatic rings. The molecule has 1 heterocycles. The van der Waals surface area contributed by atoms with Crippen LogP contribution in [-0.2, 0) is 36.9 Å². The third-order valence-electron chi connectivity index (χ3n) is 7.13. The zero-order valence-corrected chi connectivity index (χ0v) is 25.5. The Bertz CT molecular complexity index is 1470. The van der Waals surface area contributed by atoms with Gasteiger partial charge in [-0.05, 0) is 60.2 Å². The van der Waals surface area contributed by atoms with Gasteiger partial charge in [0, 0.05) is 12.0 Å². The monoisotopic (exact) mass is 605 g/mol. The molecule has 4 N–H and O–H groups in total. The standard InChI is InChI=1S/C31H39N7O6/c1-18(2)28(34-25(40)15-14-22-12-7-6-8-13-22)31(44)32-21(5)30(43)33-23(16-26(41)42)24(39)17-38-29(35-36-37-38)27-19(3)10-9-11-20(27)4/h6-13,18,21,23,28H,14-17H2,1-5H3,(H,32,44)(H,33,43)(H,34,40)(H,41,42)/t21-,23?,28-/m0/s1. The maximum absolute atomic E-state index is 13.2. The second kappa shape index (κ2) is 15.5. The SMILES string of the molecule is Cc1cccc(C)c1-c1nnnn1CC(=O)C(CC(=O)O)NC(=O)[C@H](C)NC(=O)[C@@H](NC(=O)CCc1ccccc1)C(C)C. The summed E-state index contributed by atoms with van der Waals surface area (Å²) in [6.45, 7) is 8.31. The average Bonchev–Trinajstić information content (AvgIpc) is 3.41. The number of carbonyl (C=O) groups excluding carboxylic acids is 4. The Morgan fingerprint density at radius 3 is 2.14 bits per heavy atom. The minimum atomic E-state index is -1.41. The molecule has 0 bridgehead atoms. The number of Topliss-reactive ketones (excluding diaryl/α,β-unsaturated/α-hetero) is 1. The molecule has 0 spiro atoms. The minimum absolute atomic E-state index is 0.182. The molecule has 1 unspecified atom stereocenters. The van der Waals surface area contributed by atoms with Gasteiger partial charge in [-0.2, -0.15) is 0 Å². The van der Waals surface area contributed by atoms with Crippen molar-refractivity contribution in [3.05, 3.63) is 65.2 Å². The fourth-order valence-electron chi connectivity index (χ4n) is 4.68. The van der Waals surface area contributed by atoms with E-state index in [0.29, 0.717) is 12.2 Å². The second-order valence-corrected chi connectivity index (χ2v) is 11.1. The summed E-state index contributed by atoms with van der Waals surface area (Å²) in [6.07, 6.45) is 0.00769. The molecule has 44 heavy (non-hydrogen) atoms. The quantitative estimate of drug-likeness (QED) is 0.200. The van der Waals surface area contributed by atoms with E-state index in [4.69, 9.17) is 0 Å². The number of carboxylic acid groups (broad SMARTS) is 1. The number of amides is 3. The number of carbonyl (C=O) groups is 5. The number of aryl methyl sites for hydroxylation is 3. The van der Waals surface area contributed by atoms with Gasteiger partial charge in [0.2, 0.25) is 17.7 Å². The molecule has 1 aromatic heterocycles. The molecule has 0 saturated heterocycles. The minimum Gasteiger partial charge on any atom is -0.481 e. The van der Waals surface area contributed by atoms with Crippen molar-refractivity contribution in [2.75, 3.05) is 0 Å². The van der Waals surface area contributed by atoms with Crippen LogP contribution in [0.25, 0.3) is 11.4 Å².